The average Bonchev–Trinajstić information content (AvgIpc) is 2.05. The van der Waals surface area contributed by atoms with Crippen LogP contribution in [-0.4, -0.2) is 12.5 Å². The molecule has 0 aromatic heterocycles. The third-order valence-corrected chi connectivity index (χ3v) is 1.30. The largest absolute Gasteiger partial charge is 0.449 e. The lowest BCUT2D eigenvalue weighted by atomic mass is 9.89. The molecule has 10 heavy (non-hydrogen) atoms. The summed E-state index contributed by atoms with van der Waals surface area (Å²) in [6.07, 6.45) is 0. The van der Waals surface area contributed by atoms with Crippen LogP contribution < -0.4 is 16.7 Å². The molecule has 0 fully saturated rings. The van der Waals surface area contributed by atoms with Crippen molar-refractivity contribution in [1.29, 1.82) is 0 Å². The van der Waals surface area contributed by atoms with Gasteiger partial charge in [-0.1, -0.05) is 17.6 Å². The van der Waals surface area contributed by atoms with E-state index in [4.69, 9.17) is 10.9 Å². The summed E-state index contributed by atoms with van der Waals surface area (Å²) in [6.45, 7) is 0. The fourth-order valence-electron chi connectivity index (χ4n) is 0.706. The van der Waals surface area contributed by atoms with Crippen LogP contribution in [0.4, 0.5) is 5.69 Å². The van der Waals surface area contributed by atoms with Gasteiger partial charge in [-0.15, -0.1) is 0 Å². The Labute approximate surface area is 60.1 Å². The molecule has 4 heteroatoms. The molecule has 0 aliphatic rings. The Morgan fingerprint density at radius 1 is 1.30 bits per heavy atom. The Hall–Kier alpha value is -0.995. The van der Waals surface area contributed by atoms with Crippen LogP contribution in [0.25, 0.3) is 0 Å². The zero-order valence-corrected chi connectivity index (χ0v) is 5.54. The maximum absolute atomic E-state index is 8.65. The molecule has 1 aromatic carbocycles. The quantitative estimate of drug-likeness (QED) is 0.276. The van der Waals surface area contributed by atoms with Crippen molar-refractivity contribution in [3.8, 4) is 0 Å². The SMILES string of the molecule is NNc1ccc(BO)cc1. The predicted molar refractivity (Wildman–Crippen MR) is 43.3 cm³/mol. The van der Waals surface area contributed by atoms with Gasteiger partial charge < -0.3 is 10.4 Å². The predicted octanol–water partition coefficient (Wildman–Crippen LogP) is -1.06. The minimum atomic E-state index is 0.0743. The Morgan fingerprint density at radius 2 is 1.90 bits per heavy atom. The van der Waals surface area contributed by atoms with Gasteiger partial charge in [0.1, 0.15) is 0 Å². The van der Waals surface area contributed by atoms with Crippen LogP contribution in [0.1, 0.15) is 0 Å². The number of nitrogens with two attached hydrogens (primary N) is 1. The lowest BCUT2D eigenvalue weighted by molar-refractivity contribution is 0.615. The van der Waals surface area contributed by atoms with Crippen molar-refractivity contribution in [2.24, 2.45) is 5.84 Å². The highest BCUT2D eigenvalue weighted by molar-refractivity contribution is 6.45. The zero-order chi connectivity index (χ0) is 7.40. The first kappa shape index (κ1) is 7.12. The van der Waals surface area contributed by atoms with Crippen LogP contribution in [0.2, 0.25) is 0 Å². The third kappa shape index (κ3) is 1.49. The molecule has 1 rings (SSSR count). The van der Waals surface area contributed by atoms with Crippen molar-refractivity contribution in [2.45, 2.75) is 0 Å². The summed E-state index contributed by atoms with van der Waals surface area (Å²) in [5, 5.41) is 8.65. The maximum Gasteiger partial charge on any atom is 0.304 e. The molecular formula is C6H9BN2O. The van der Waals surface area contributed by atoms with E-state index in [1.165, 1.54) is 0 Å². The van der Waals surface area contributed by atoms with Crippen molar-refractivity contribution in [3.05, 3.63) is 24.3 Å². The van der Waals surface area contributed by atoms with E-state index < -0.39 is 0 Å². The molecule has 0 aliphatic carbocycles. The van der Waals surface area contributed by atoms with E-state index in [2.05, 4.69) is 5.43 Å². The van der Waals surface area contributed by atoms with Gasteiger partial charge >= 0.3 is 7.48 Å². The van der Waals surface area contributed by atoms with E-state index in [0.29, 0.717) is 0 Å². The number of anilines is 1. The Bertz CT molecular complexity index is 176. The van der Waals surface area contributed by atoms with E-state index in [1.54, 1.807) is 0 Å². The molecule has 0 saturated carbocycles. The van der Waals surface area contributed by atoms with Crippen molar-refractivity contribution in [1.82, 2.24) is 0 Å². The van der Waals surface area contributed by atoms with E-state index in [-0.39, 0.29) is 7.48 Å². The molecule has 4 N–H and O–H groups in total. The highest BCUT2D eigenvalue weighted by Gasteiger charge is 1.90. The molecule has 3 nitrogen and oxygen atoms in total. The zero-order valence-electron chi connectivity index (χ0n) is 5.54. The Kier molecular flexibility index (Phi) is 2.31. The van der Waals surface area contributed by atoms with Gasteiger partial charge in [0.2, 0.25) is 0 Å². The average molecular weight is 136 g/mol. The summed E-state index contributed by atoms with van der Waals surface area (Å²) < 4.78 is 0. The number of hydrazine groups is 1. The lowest BCUT2D eigenvalue weighted by Gasteiger charge is -1.98. The van der Waals surface area contributed by atoms with Gasteiger partial charge in [0.05, 0.1) is 0 Å². The maximum atomic E-state index is 8.65. The number of nitrogen functional groups attached to an aromatic ring is 1. The molecule has 0 heterocycles. The van der Waals surface area contributed by atoms with Crippen molar-refractivity contribution in [2.75, 3.05) is 5.43 Å². The smallest absolute Gasteiger partial charge is 0.304 e. The summed E-state index contributed by atoms with van der Waals surface area (Å²) in [5.74, 6) is 5.13. The van der Waals surface area contributed by atoms with Crippen LogP contribution in [0.5, 0.6) is 0 Å². The molecule has 52 valence electrons. The van der Waals surface area contributed by atoms with Gasteiger partial charge in [-0.25, -0.2) is 0 Å². The normalized spacial score (nSPS) is 9.00. The second-order valence-corrected chi connectivity index (χ2v) is 2.00. The molecular weight excluding hydrogens is 127 g/mol. The summed E-state index contributed by atoms with van der Waals surface area (Å²) in [7, 11) is 0.0743. The van der Waals surface area contributed by atoms with Crippen molar-refractivity contribution < 1.29 is 5.02 Å². The monoisotopic (exact) mass is 136 g/mol. The first-order chi connectivity index (χ1) is 4.86. The van der Waals surface area contributed by atoms with Crippen molar-refractivity contribution in [3.63, 3.8) is 0 Å². The van der Waals surface area contributed by atoms with Crippen molar-refractivity contribution >= 4 is 18.6 Å². The van der Waals surface area contributed by atoms with Crippen LogP contribution in [0, 0.1) is 0 Å². The first-order valence-corrected chi connectivity index (χ1v) is 3.03. The third-order valence-electron chi connectivity index (χ3n) is 1.30. The van der Waals surface area contributed by atoms with E-state index in [1.807, 2.05) is 24.3 Å². The van der Waals surface area contributed by atoms with Gasteiger partial charge in [-0.2, -0.15) is 0 Å². The fourth-order valence-corrected chi connectivity index (χ4v) is 0.706. The van der Waals surface area contributed by atoms with Gasteiger partial charge in [-0.05, 0) is 12.1 Å². The summed E-state index contributed by atoms with van der Waals surface area (Å²) in [5.41, 5.74) is 4.23. The summed E-state index contributed by atoms with van der Waals surface area (Å²) in [6, 6.07) is 7.25. The van der Waals surface area contributed by atoms with E-state index in [9.17, 15) is 0 Å². The Balaban J connectivity index is 2.80. The number of hydrogen-bond donors (Lipinski definition) is 3. The molecule has 0 atom stereocenters. The fraction of sp³-hybridized carbons (Fsp3) is 0. The molecule has 0 radical (unpaired) electrons. The van der Waals surface area contributed by atoms with Crippen LogP contribution >= 0.6 is 0 Å². The van der Waals surface area contributed by atoms with Gasteiger partial charge in [0.15, 0.2) is 0 Å². The summed E-state index contributed by atoms with van der Waals surface area (Å²) >= 11 is 0. The number of nitrogens with one attached hydrogen (secondary N) is 1. The highest BCUT2D eigenvalue weighted by atomic mass is 16.2. The van der Waals surface area contributed by atoms with Gasteiger partial charge in [-0.3, -0.25) is 5.84 Å². The standard InChI is InChI=1S/C6H9BN2O/c8-9-6-3-1-5(7-10)2-4-6/h1-4,7,9-10H,8H2. The van der Waals surface area contributed by atoms with E-state index in [0.717, 1.165) is 11.2 Å². The number of hydrogen-bond acceptors (Lipinski definition) is 3. The second kappa shape index (κ2) is 3.24. The molecule has 0 saturated heterocycles. The molecule has 0 spiro atoms. The van der Waals surface area contributed by atoms with E-state index >= 15 is 0 Å². The lowest BCUT2D eigenvalue weighted by Crippen LogP contribution is -2.14. The van der Waals surface area contributed by atoms with Gasteiger partial charge in [0.25, 0.3) is 0 Å². The van der Waals surface area contributed by atoms with Gasteiger partial charge in [0, 0.05) is 5.69 Å². The molecule has 0 amide bonds. The molecule has 0 aliphatic heterocycles. The second-order valence-electron chi connectivity index (χ2n) is 2.00. The van der Waals surface area contributed by atoms with Crippen LogP contribution in [-0.2, 0) is 0 Å². The van der Waals surface area contributed by atoms with Crippen LogP contribution in [0.3, 0.4) is 0 Å². The molecule has 0 bridgehead atoms. The molecule has 1 aromatic rings. The Morgan fingerprint density at radius 3 is 2.30 bits per heavy atom. The number of benzene rings is 1. The molecule has 0 unspecified atom stereocenters. The minimum Gasteiger partial charge on any atom is -0.449 e. The topological polar surface area (TPSA) is 58.3 Å². The highest BCUT2D eigenvalue weighted by Crippen LogP contribution is 1.99. The number of rotatable bonds is 2. The minimum absolute atomic E-state index is 0.0743. The first-order valence-electron chi connectivity index (χ1n) is 3.03. The van der Waals surface area contributed by atoms with Crippen LogP contribution in [0.15, 0.2) is 24.3 Å². The summed E-state index contributed by atoms with van der Waals surface area (Å²) in [4.78, 5) is 0.